The van der Waals surface area contributed by atoms with Crippen molar-refractivity contribution in [2.45, 2.75) is 61.4 Å². The van der Waals surface area contributed by atoms with Crippen molar-refractivity contribution in [3.63, 3.8) is 0 Å². The van der Waals surface area contributed by atoms with Gasteiger partial charge in [-0.05, 0) is 63.4 Å². The molecular weight excluding hydrogens is 426 g/mol. The smallest absolute Gasteiger partial charge is 0.268 e. The molecule has 2 N–H and O–H groups in total. The van der Waals surface area contributed by atoms with Crippen molar-refractivity contribution in [2.75, 3.05) is 13.1 Å². The highest BCUT2D eigenvalue weighted by atomic mass is 35.5. The Balaban J connectivity index is 1.44. The Labute approximate surface area is 193 Å². The summed E-state index contributed by atoms with van der Waals surface area (Å²) in [6.45, 7) is 6.34. The highest BCUT2D eigenvalue weighted by Crippen LogP contribution is 2.37. The number of amides is 1. The highest BCUT2D eigenvalue weighted by molar-refractivity contribution is 7.99. The maximum Gasteiger partial charge on any atom is 0.268 e. The molecule has 0 bridgehead atoms. The SMILES string of the molecule is C[C@@H]1CCC[C@H](C)N1CCCNC(=O)c1[nH]c2ccccc2c1Sc1ccc(Cl)cc1. The minimum Gasteiger partial charge on any atom is -0.351 e. The van der Waals surface area contributed by atoms with Crippen LogP contribution < -0.4 is 5.32 Å². The molecule has 4 rings (SSSR count). The first kappa shape index (κ1) is 22.3. The topological polar surface area (TPSA) is 48.1 Å². The number of fused-ring (bicyclic) bond motifs is 1. The van der Waals surface area contributed by atoms with E-state index in [4.69, 9.17) is 11.6 Å². The molecule has 0 radical (unpaired) electrons. The van der Waals surface area contributed by atoms with E-state index in [9.17, 15) is 4.79 Å². The van der Waals surface area contributed by atoms with E-state index < -0.39 is 0 Å². The molecule has 2 aromatic carbocycles. The lowest BCUT2D eigenvalue weighted by molar-refractivity contribution is 0.0919. The lowest BCUT2D eigenvalue weighted by Crippen LogP contribution is -2.44. The number of carbonyl (C=O) groups excluding carboxylic acids is 1. The van der Waals surface area contributed by atoms with Gasteiger partial charge in [0.25, 0.3) is 5.91 Å². The number of nitrogens with one attached hydrogen (secondary N) is 2. The van der Waals surface area contributed by atoms with Gasteiger partial charge in [0.05, 0.1) is 4.90 Å². The van der Waals surface area contributed by atoms with E-state index in [1.54, 1.807) is 11.8 Å². The van der Waals surface area contributed by atoms with Crippen molar-refractivity contribution < 1.29 is 4.79 Å². The Morgan fingerprint density at radius 3 is 2.58 bits per heavy atom. The molecule has 0 saturated carbocycles. The molecule has 1 aromatic heterocycles. The minimum absolute atomic E-state index is 0.0487. The number of H-pyrrole nitrogens is 1. The second kappa shape index (κ2) is 10.1. The van der Waals surface area contributed by atoms with Crippen LogP contribution in [0.3, 0.4) is 0 Å². The van der Waals surface area contributed by atoms with Crippen LogP contribution >= 0.6 is 23.4 Å². The van der Waals surface area contributed by atoms with Crippen LogP contribution in [0.2, 0.25) is 5.02 Å². The Bertz CT molecular complexity index is 1020. The Kier molecular flexibility index (Phi) is 7.26. The lowest BCUT2D eigenvalue weighted by Gasteiger charge is -2.39. The summed E-state index contributed by atoms with van der Waals surface area (Å²) in [5.74, 6) is -0.0487. The van der Waals surface area contributed by atoms with E-state index >= 15 is 0 Å². The zero-order valence-electron chi connectivity index (χ0n) is 18.2. The molecule has 1 saturated heterocycles. The second-order valence-electron chi connectivity index (χ2n) is 8.41. The number of likely N-dealkylation sites (tertiary alicyclic amines) is 1. The van der Waals surface area contributed by atoms with Crippen LogP contribution in [-0.4, -0.2) is 41.0 Å². The van der Waals surface area contributed by atoms with Crippen LogP contribution in [0.25, 0.3) is 10.9 Å². The molecule has 0 unspecified atom stereocenters. The fourth-order valence-corrected chi connectivity index (χ4v) is 5.64. The monoisotopic (exact) mass is 455 g/mol. The standard InChI is InChI=1S/C25H30ClN3OS/c1-17-7-5-8-18(2)29(17)16-6-15-27-25(30)23-24(21-9-3-4-10-22(21)28-23)31-20-13-11-19(26)12-14-20/h3-4,9-14,17-18,28H,5-8,15-16H2,1-2H3,(H,27,30)/t17-,18+. The summed E-state index contributed by atoms with van der Waals surface area (Å²) >= 11 is 7.62. The fourth-order valence-electron chi connectivity index (χ4n) is 4.47. The summed E-state index contributed by atoms with van der Waals surface area (Å²) in [5.41, 5.74) is 1.60. The molecule has 3 aromatic rings. The van der Waals surface area contributed by atoms with Gasteiger partial charge in [0.15, 0.2) is 0 Å². The molecule has 4 nitrogen and oxygen atoms in total. The number of aromatic nitrogens is 1. The van der Waals surface area contributed by atoms with Crippen LogP contribution in [0.15, 0.2) is 58.3 Å². The van der Waals surface area contributed by atoms with Gasteiger partial charge in [-0.15, -0.1) is 0 Å². The predicted molar refractivity (Wildman–Crippen MR) is 130 cm³/mol. The molecule has 0 spiro atoms. The summed E-state index contributed by atoms with van der Waals surface area (Å²) in [4.78, 5) is 21.0. The zero-order chi connectivity index (χ0) is 21.8. The van der Waals surface area contributed by atoms with Gasteiger partial charge >= 0.3 is 0 Å². The van der Waals surface area contributed by atoms with Gasteiger partial charge in [-0.2, -0.15) is 0 Å². The number of aromatic amines is 1. The third-order valence-electron chi connectivity index (χ3n) is 6.17. The van der Waals surface area contributed by atoms with Crippen LogP contribution in [0.4, 0.5) is 0 Å². The number of hydrogen-bond acceptors (Lipinski definition) is 3. The van der Waals surface area contributed by atoms with Gasteiger partial charge < -0.3 is 10.3 Å². The highest BCUT2D eigenvalue weighted by Gasteiger charge is 2.24. The van der Waals surface area contributed by atoms with Crippen molar-refractivity contribution in [1.82, 2.24) is 15.2 Å². The molecule has 1 amide bonds. The molecule has 6 heteroatoms. The molecule has 0 aliphatic carbocycles. The van der Waals surface area contributed by atoms with E-state index in [0.29, 0.717) is 29.3 Å². The second-order valence-corrected chi connectivity index (χ2v) is 9.93. The van der Waals surface area contributed by atoms with Crippen molar-refractivity contribution >= 4 is 40.2 Å². The maximum absolute atomic E-state index is 13.1. The molecule has 1 aliphatic rings. The number of para-hydroxylation sites is 1. The fraction of sp³-hybridized carbons (Fsp3) is 0.400. The van der Waals surface area contributed by atoms with Gasteiger partial charge in [0.1, 0.15) is 5.69 Å². The lowest BCUT2D eigenvalue weighted by atomic mass is 9.97. The van der Waals surface area contributed by atoms with Crippen molar-refractivity contribution in [2.24, 2.45) is 0 Å². The summed E-state index contributed by atoms with van der Waals surface area (Å²) < 4.78 is 0. The summed E-state index contributed by atoms with van der Waals surface area (Å²) in [7, 11) is 0. The van der Waals surface area contributed by atoms with Crippen LogP contribution in [0.1, 0.15) is 50.0 Å². The molecule has 1 fully saturated rings. The number of piperidine rings is 1. The summed E-state index contributed by atoms with van der Waals surface area (Å²) in [6, 6.07) is 17.0. The Morgan fingerprint density at radius 1 is 1.13 bits per heavy atom. The van der Waals surface area contributed by atoms with Gasteiger partial charge in [-0.3, -0.25) is 9.69 Å². The van der Waals surface area contributed by atoms with Crippen LogP contribution in [-0.2, 0) is 0 Å². The Morgan fingerprint density at radius 2 is 1.84 bits per heavy atom. The van der Waals surface area contributed by atoms with E-state index in [0.717, 1.165) is 33.7 Å². The first-order valence-electron chi connectivity index (χ1n) is 11.1. The largest absolute Gasteiger partial charge is 0.351 e. The number of halogens is 1. The first-order chi connectivity index (χ1) is 15.0. The van der Waals surface area contributed by atoms with Crippen molar-refractivity contribution in [3.05, 3.63) is 59.2 Å². The van der Waals surface area contributed by atoms with Crippen LogP contribution in [0, 0.1) is 0 Å². The molecule has 164 valence electrons. The normalized spacial score (nSPS) is 19.6. The number of rotatable bonds is 7. The van der Waals surface area contributed by atoms with Crippen LogP contribution in [0.5, 0.6) is 0 Å². The van der Waals surface area contributed by atoms with E-state index in [2.05, 4.69) is 35.1 Å². The van der Waals surface area contributed by atoms with E-state index in [-0.39, 0.29) is 5.91 Å². The summed E-state index contributed by atoms with van der Waals surface area (Å²) in [5, 5.41) is 4.90. The molecule has 31 heavy (non-hydrogen) atoms. The summed E-state index contributed by atoms with van der Waals surface area (Å²) in [6.07, 6.45) is 4.83. The van der Waals surface area contributed by atoms with Crippen molar-refractivity contribution in [3.8, 4) is 0 Å². The average molecular weight is 456 g/mol. The molecular formula is C25H30ClN3OS. The van der Waals surface area contributed by atoms with E-state index in [1.165, 1.54) is 19.3 Å². The quantitative estimate of drug-likeness (QED) is 0.408. The number of carbonyl (C=O) groups is 1. The average Bonchev–Trinajstić information content (AvgIpc) is 3.13. The molecule has 2 atom stereocenters. The van der Waals surface area contributed by atoms with Gasteiger partial charge in [0.2, 0.25) is 0 Å². The molecule has 2 heterocycles. The van der Waals surface area contributed by atoms with Crippen molar-refractivity contribution in [1.29, 1.82) is 0 Å². The molecule has 1 aliphatic heterocycles. The zero-order valence-corrected chi connectivity index (χ0v) is 19.7. The van der Waals surface area contributed by atoms with E-state index in [1.807, 2.05) is 42.5 Å². The maximum atomic E-state index is 13.1. The predicted octanol–water partition coefficient (Wildman–Crippen LogP) is 6.36. The van der Waals surface area contributed by atoms with Gasteiger partial charge in [-0.25, -0.2) is 0 Å². The van der Waals surface area contributed by atoms with Gasteiger partial charge in [-0.1, -0.05) is 48.0 Å². The third-order valence-corrected chi connectivity index (χ3v) is 7.56. The first-order valence-corrected chi connectivity index (χ1v) is 12.3. The number of nitrogens with zero attached hydrogens (tertiary/aromatic N) is 1. The number of hydrogen-bond donors (Lipinski definition) is 2. The third kappa shape index (κ3) is 5.28. The van der Waals surface area contributed by atoms with Gasteiger partial charge in [0, 0.05) is 46.0 Å². The Hall–Kier alpha value is -1.95. The number of benzene rings is 2. The minimum atomic E-state index is -0.0487.